The third kappa shape index (κ3) is 4.66. The van der Waals surface area contributed by atoms with Crippen molar-refractivity contribution in [1.29, 1.82) is 0 Å². The molecule has 1 aromatic rings. The lowest BCUT2D eigenvalue weighted by atomic mass is 10.1. The maximum atomic E-state index is 6.43. The molecule has 0 spiro atoms. The van der Waals surface area contributed by atoms with Gasteiger partial charge in [0.05, 0.1) is 22.5 Å². The molecule has 0 bridgehead atoms. The van der Waals surface area contributed by atoms with E-state index < -0.39 is 6.29 Å². The number of aromatic nitrogens is 2. The van der Waals surface area contributed by atoms with Gasteiger partial charge in [0.15, 0.2) is 6.29 Å². The van der Waals surface area contributed by atoms with Crippen molar-refractivity contribution in [1.82, 2.24) is 15.2 Å². The minimum Gasteiger partial charge on any atom is -0.351 e. The Labute approximate surface area is 131 Å². The molecule has 1 rings (SSSR count). The number of hydrogen-bond donors (Lipinski definition) is 2. The molecule has 1 heterocycles. The lowest BCUT2D eigenvalue weighted by molar-refractivity contribution is -0.154. The van der Waals surface area contributed by atoms with Crippen LogP contribution in [-0.2, 0) is 28.9 Å². The van der Waals surface area contributed by atoms with E-state index in [1.807, 2.05) is 32.4 Å². The predicted molar refractivity (Wildman–Crippen MR) is 84.1 cm³/mol. The van der Waals surface area contributed by atoms with Crippen LogP contribution in [0.15, 0.2) is 0 Å². The molecule has 0 aliphatic rings. The van der Waals surface area contributed by atoms with Gasteiger partial charge in [-0.2, -0.15) is 5.10 Å². The van der Waals surface area contributed by atoms with Gasteiger partial charge in [-0.25, -0.2) is 0 Å². The molecule has 0 radical (unpaired) electrons. The Balaban J connectivity index is 2.96. The van der Waals surface area contributed by atoms with Crippen molar-refractivity contribution in [2.24, 2.45) is 5.84 Å². The highest BCUT2D eigenvalue weighted by Gasteiger charge is 2.25. The summed E-state index contributed by atoms with van der Waals surface area (Å²) in [5.74, 6) is 5.68. The van der Waals surface area contributed by atoms with Gasteiger partial charge in [-0.15, -0.1) is 0 Å². The monoisotopic (exact) mass is 318 g/mol. The molecular weight excluding hydrogens is 292 g/mol. The molecule has 1 atom stereocenters. The molecule has 0 aliphatic heterocycles. The SMILES string of the molecule is CCOC(OCC)C(Cc1c(Cl)c(CC)nn1CC)NN. The van der Waals surface area contributed by atoms with Gasteiger partial charge in [-0.3, -0.25) is 16.0 Å². The summed E-state index contributed by atoms with van der Waals surface area (Å²) in [4.78, 5) is 0. The average Bonchev–Trinajstić information content (AvgIpc) is 2.80. The van der Waals surface area contributed by atoms with Gasteiger partial charge in [-0.05, 0) is 27.2 Å². The summed E-state index contributed by atoms with van der Waals surface area (Å²) in [7, 11) is 0. The summed E-state index contributed by atoms with van der Waals surface area (Å²) in [6, 6.07) is -0.186. The number of aryl methyl sites for hydroxylation is 2. The molecule has 0 amide bonds. The van der Waals surface area contributed by atoms with Crippen LogP contribution in [0, 0.1) is 0 Å². The summed E-state index contributed by atoms with van der Waals surface area (Å²) >= 11 is 6.43. The number of nitrogens with one attached hydrogen (secondary N) is 1. The van der Waals surface area contributed by atoms with Gasteiger partial charge in [-0.1, -0.05) is 18.5 Å². The topological polar surface area (TPSA) is 74.3 Å². The molecule has 1 aromatic heterocycles. The smallest absolute Gasteiger partial charge is 0.174 e. The Morgan fingerprint density at radius 2 is 1.86 bits per heavy atom. The van der Waals surface area contributed by atoms with Crippen LogP contribution in [0.5, 0.6) is 0 Å². The number of hydrogen-bond acceptors (Lipinski definition) is 5. The quantitative estimate of drug-likeness (QED) is 0.391. The second kappa shape index (κ2) is 9.38. The van der Waals surface area contributed by atoms with E-state index in [1.54, 1.807) is 0 Å². The van der Waals surface area contributed by atoms with Crippen LogP contribution in [0.4, 0.5) is 0 Å². The largest absolute Gasteiger partial charge is 0.351 e. The molecule has 3 N–H and O–H groups in total. The molecule has 0 aliphatic carbocycles. The minimum atomic E-state index is -0.411. The summed E-state index contributed by atoms with van der Waals surface area (Å²) in [5, 5.41) is 5.23. The molecule has 6 nitrogen and oxygen atoms in total. The first kappa shape index (κ1) is 18.4. The number of nitrogens with zero attached hydrogens (tertiary/aromatic N) is 2. The van der Waals surface area contributed by atoms with Gasteiger partial charge < -0.3 is 9.47 Å². The Hall–Kier alpha value is -0.660. The highest BCUT2D eigenvalue weighted by molar-refractivity contribution is 6.31. The molecule has 122 valence electrons. The number of rotatable bonds is 10. The van der Waals surface area contributed by atoms with E-state index >= 15 is 0 Å². The zero-order chi connectivity index (χ0) is 15.8. The van der Waals surface area contributed by atoms with E-state index in [9.17, 15) is 0 Å². The Bertz CT molecular complexity index is 419. The fraction of sp³-hybridized carbons (Fsp3) is 0.786. The van der Waals surface area contributed by atoms with Crippen LogP contribution in [0.25, 0.3) is 0 Å². The van der Waals surface area contributed by atoms with Gasteiger partial charge in [0.1, 0.15) is 0 Å². The maximum absolute atomic E-state index is 6.43. The third-order valence-corrected chi connectivity index (χ3v) is 3.75. The average molecular weight is 319 g/mol. The molecule has 0 saturated heterocycles. The Kier molecular flexibility index (Phi) is 8.21. The van der Waals surface area contributed by atoms with Gasteiger partial charge in [0, 0.05) is 26.2 Å². The molecule has 7 heteroatoms. The summed E-state index contributed by atoms with van der Waals surface area (Å²) in [5.41, 5.74) is 4.65. The van der Waals surface area contributed by atoms with Gasteiger partial charge in [0.2, 0.25) is 0 Å². The lowest BCUT2D eigenvalue weighted by Crippen LogP contribution is -2.48. The van der Waals surface area contributed by atoms with Crippen LogP contribution >= 0.6 is 11.6 Å². The predicted octanol–water partition coefficient (Wildman–Crippen LogP) is 1.89. The minimum absolute atomic E-state index is 0.186. The van der Waals surface area contributed by atoms with Crippen molar-refractivity contribution in [3.8, 4) is 0 Å². The first-order valence-corrected chi connectivity index (χ1v) is 7.93. The van der Waals surface area contributed by atoms with Crippen LogP contribution < -0.4 is 11.3 Å². The van der Waals surface area contributed by atoms with Crippen molar-refractivity contribution in [2.75, 3.05) is 13.2 Å². The van der Waals surface area contributed by atoms with E-state index in [0.29, 0.717) is 24.7 Å². The van der Waals surface area contributed by atoms with Crippen molar-refractivity contribution < 1.29 is 9.47 Å². The van der Waals surface area contributed by atoms with Crippen LogP contribution in [0.3, 0.4) is 0 Å². The van der Waals surface area contributed by atoms with E-state index in [2.05, 4.69) is 10.5 Å². The number of nitrogens with two attached hydrogens (primary N) is 1. The second-order valence-corrected chi connectivity index (χ2v) is 5.01. The standard InChI is InChI=1S/C14H27ClN4O2/c1-5-10-13(15)12(19(6-2)18-10)9-11(17-16)14(20-7-3)21-8-4/h11,14,17H,5-9,16H2,1-4H3. The Morgan fingerprint density at radius 3 is 2.29 bits per heavy atom. The van der Waals surface area contributed by atoms with Crippen LogP contribution in [0.1, 0.15) is 39.1 Å². The first-order chi connectivity index (χ1) is 10.1. The van der Waals surface area contributed by atoms with Crippen molar-refractivity contribution in [3.05, 3.63) is 16.4 Å². The van der Waals surface area contributed by atoms with Crippen LogP contribution in [-0.4, -0.2) is 35.3 Å². The fourth-order valence-corrected chi connectivity index (χ4v) is 2.61. The highest BCUT2D eigenvalue weighted by atomic mass is 35.5. The van der Waals surface area contributed by atoms with E-state index in [1.165, 1.54) is 0 Å². The van der Waals surface area contributed by atoms with E-state index in [-0.39, 0.29) is 6.04 Å². The zero-order valence-electron chi connectivity index (χ0n) is 13.4. The molecule has 0 fully saturated rings. The van der Waals surface area contributed by atoms with Crippen molar-refractivity contribution >= 4 is 11.6 Å². The highest BCUT2D eigenvalue weighted by Crippen LogP contribution is 2.24. The third-order valence-electron chi connectivity index (χ3n) is 3.31. The van der Waals surface area contributed by atoms with Crippen LogP contribution in [0.2, 0.25) is 5.02 Å². The van der Waals surface area contributed by atoms with Gasteiger partial charge in [0.25, 0.3) is 0 Å². The molecule has 1 unspecified atom stereocenters. The van der Waals surface area contributed by atoms with E-state index in [4.69, 9.17) is 26.9 Å². The number of hydrazine groups is 1. The first-order valence-electron chi connectivity index (χ1n) is 7.56. The summed E-state index contributed by atoms with van der Waals surface area (Å²) in [6.07, 6.45) is 0.993. The molecule has 0 aromatic carbocycles. The normalized spacial score (nSPS) is 13.1. The molecule has 0 saturated carbocycles. The van der Waals surface area contributed by atoms with Crippen molar-refractivity contribution in [3.63, 3.8) is 0 Å². The van der Waals surface area contributed by atoms with Gasteiger partial charge >= 0.3 is 0 Å². The summed E-state index contributed by atoms with van der Waals surface area (Å²) < 4.78 is 13.2. The lowest BCUT2D eigenvalue weighted by Gasteiger charge is -2.26. The number of ether oxygens (including phenoxy) is 2. The maximum Gasteiger partial charge on any atom is 0.174 e. The molecule has 21 heavy (non-hydrogen) atoms. The van der Waals surface area contributed by atoms with E-state index in [0.717, 1.165) is 24.4 Å². The fourth-order valence-electron chi connectivity index (χ4n) is 2.26. The number of halogens is 1. The molecular formula is C14H27ClN4O2. The van der Waals surface area contributed by atoms with Crippen molar-refractivity contribution in [2.45, 2.75) is 59.4 Å². The second-order valence-electron chi connectivity index (χ2n) is 4.63. The summed E-state index contributed by atoms with van der Waals surface area (Å²) in [6.45, 7) is 9.82. The zero-order valence-corrected chi connectivity index (χ0v) is 14.1. The Morgan fingerprint density at radius 1 is 1.24 bits per heavy atom.